The van der Waals surface area contributed by atoms with Gasteiger partial charge in [0.15, 0.2) is 0 Å². The summed E-state index contributed by atoms with van der Waals surface area (Å²) < 4.78 is 7.52. The van der Waals surface area contributed by atoms with Crippen molar-refractivity contribution in [3.63, 3.8) is 0 Å². The Morgan fingerprint density at radius 3 is 2.76 bits per heavy atom. The van der Waals surface area contributed by atoms with Gasteiger partial charge in [0.1, 0.15) is 5.82 Å². The smallest absolute Gasteiger partial charge is 0.335 e. The molecule has 0 fully saturated rings. The lowest BCUT2D eigenvalue weighted by molar-refractivity contribution is 0.0697. The average Bonchev–Trinajstić information content (AvgIpc) is 2.82. The first-order valence-corrected chi connectivity index (χ1v) is 7.35. The van der Waals surface area contributed by atoms with Crippen LogP contribution in [-0.4, -0.2) is 34.3 Å². The number of carboxylic acid groups (broad SMARTS) is 1. The first kappa shape index (κ1) is 15.5. The molecule has 2 rings (SSSR count). The number of aryl methyl sites for hydroxylation is 1. The Morgan fingerprint density at radius 2 is 2.19 bits per heavy atom. The first-order valence-electron chi connectivity index (χ1n) is 7.35. The average molecular weight is 290 g/mol. The molecular formula is C16H22N2O3. The summed E-state index contributed by atoms with van der Waals surface area (Å²) in [6, 6.07) is 5.35. The number of methoxy groups -OCH3 is 1. The van der Waals surface area contributed by atoms with Crippen molar-refractivity contribution in [3.05, 3.63) is 29.6 Å². The van der Waals surface area contributed by atoms with E-state index in [0.29, 0.717) is 6.61 Å². The highest BCUT2D eigenvalue weighted by atomic mass is 16.5. The van der Waals surface area contributed by atoms with Gasteiger partial charge in [-0.3, -0.25) is 0 Å². The van der Waals surface area contributed by atoms with E-state index in [1.54, 1.807) is 19.2 Å². The lowest BCUT2D eigenvalue weighted by atomic mass is 10.1. The number of aromatic carboxylic acids is 1. The molecule has 5 heteroatoms. The molecule has 0 bridgehead atoms. The molecule has 1 aromatic heterocycles. The van der Waals surface area contributed by atoms with E-state index in [9.17, 15) is 4.79 Å². The summed E-state index contributed by atoms with van der Waals surface area (Å²) in [5.41, 5.74) is 2.00. The van der Waals surface area contributed by atoms with Crippen molar-refractivity contribution >= 4 is 17.0 Å². The molecular weight excluding hydrogens is 268 g/mol. The third-order valence-corrected chi connectivity index (χ3v) is 3.68. The van der Waals surface area contributed by atoms with Crippen molar-refractivity contribution < 1.29 is 14.6 Å². The minimum Gasteiger partial charge on any atom is -0.478 e. The van der Waals surface area contributed by atoms with Gasteiger partial charge in [-0.2, -0.15) is 0 Å². The Labute approximate surface area is 124 Å². The van der Waals surface area contributed by atoms with Gasteiger partial charge in [-0.25, -0.2) is 9.78 Å². The molecule has 1 aromatic carbocycles. The van der Waals surface area contributed by atoms with Gasteiger partial charge < -0.3 is 14.4 Å². The predicted molar refractivity (Wildman–Crippen MR) is 81.9 cm³/mol. The molecule has 5 nitrogen and oxygen atoms in total. The Bertz CT molecular complexity index is 634. The van der Waals surface area contributed by atoms with Crippen molar-refractivity contribution in [2.75, 3.05) is 13.7 Å². The molecule has 0 aliphatic carbocycles. The zero-order valence-electron chi connectivity index (χ0n) is 12.8. The van der Waals surface area contributed by atoms with Crippen molar-refractivity contribution in [1.29, 1.82) is 0 Å². The highest BCUT2D eigenvalue weighted by Gasteiger charge is 2.18. The third kappa shape index (κ3) is 3.08. The van der Waals surface area contributed by atoms with Crippen LogP contribution in [0.2, 0.25) is 0 Å². The molecule has 2 aromatic rings. The molecule has 1 atom stereocenters. The lowest BCUT2D eigenvalue weighted by Crippen LogP contribution is -2.16. The fourth-order valence-electron chi connectivity index (χ4n) is 2.66. The number of benzene rings is 1. The number of hydrogen-bond donors (Lipinski definition) is 1. The van der Waals surface area contributed by atoms with Crippen LogP contribution in [0.5, 0.6) is 0 Å². The monoisotopic (exact) mass is 290 g/mol. The highest BCUT2D eigenvalue weighted by molar-refractivity contribution is 5.92. The van der Waals surface area contributed by atoms with E-state index >= 15 is 0 Å². The molecule has 0 amide bonds. The minimum absolute atomic E-state index is 0.220. The van der Waals surface area contributed by atoms with Crippen LogP contribution in [0.4, 0.5) is 0 Å². The lowest BCUT2D eigenvalue weighted by Gasteiger charge is -2.19. The number of carboxylic acids is 1. The number of nitrogens with zero attached hydrogens (tertiary/aromatic N) is 2. The Hall–Kier alpha value is -1.88. The van der Waals surface area contributed by atoms with E-state index in [4.69, 9.17) is 9.84 Å². The molecule has 0 saturated heterocycles. The van der Waals surface area contributed by atoms with Crippen molar-refractivity contribution in [2.45, 2.75) is 39.2 Å². The van der Waals surface area contributed by atoms with Gasteiger partial charge in [0, 0.05) is 13.5 Å². The number of ether oxygens (including phenoxy) is 1. The highest BCUT2D eigenvalue weighted by Crippen LogP contribution is 2.25. The summed E-state index contributed by atoms with van der Waals surface area (Å²) in [5.74, 6) is 0.0753. The van der Waals surface area contributed by atoms with Crippen LogP contribution in [0.1, 0.15) is 48.9 Å². The molecule has 0 aliphatic rings. The van der Waals surface area contributed by atoms with Gasteiger partial charge in [0.2, 0.25) is 0 Å². The van der Waals surface area contributed by atoms with Crippen molar-refractivity contribution in [1.82, 2.24) is 9.55 Å². The van der Waals surface area contributed by atoms with Gasteiger partial charge in [-0.1, -0.05) is 13.8 Å². The van der Waals surface area contributed by atoms with E-state index in [2.05, 4.69) is 23.4 Å². The van der Waals surface area contributed by atoms with Crippen LogP contribution in [0.25, 0.3) is 11.0 Å². The Morgan fingerprint density at radius 1 is 1.43 bits per heavy atom. The second-order valence-corrected chi connectivity index (χ2v) is 5.17. The molecule has 0 radical (unpaired) electrons. The fourth-order valence-corrected chi connectivity index (χ4v) is 2.66. The number of imidazole rings is 1. The standard InChI is InChI=1S/C16H22N2O3/c1-4-6-15-17-13-9-11(16(19)20)7-8-14(13)18(15)12(5-2)10-21-3/h7-9,12H,4-6,10H2,1-3H3,(H,19,20). The van der Waals surface area contributed by atoms with Crippen LogP contribution in [0.15, 0.2) is 18.2 Å². The summed E-state index contributed by atoms with van der Waals surface area (Å²) in [6.45, 7) is 4.86. The Balaban J connectivity index is 2.59. The number of fused-ring (bicyclic) bond motifs is 1. The van der Waals surface area contributed by atoms with E-state index < -0.39 is 5.97 Å². The van der Waals surface area contributed by atoms with Gasteiger partial charge in [0.05, 0.1) is 29.2 Å². The molecule has 1 heterocycles. The molecule has 0 aliphatic heterocycles. The van der Waals surface area contributed by atoms with Crippen molar-refractivity contribution in [2.24, 2.45) is 0 Å². The number of carbonyl (C=O) groups is 1. The topological polar surface area (TPSA) is 64.3 Å². The molecule has 114 valence electrons. The summed E-state index contributed by atoms with van der Waals surface area (Å²) >= 11 is 0. The molecule has 21 heavy (non-hydrogen) atoms. The summed E-state index contributed by atoms with van der Waals surface area (Å²) in [6.07, 6.45) is 2.81. The largest absolute Gasteiger partial charge is 0.478 e. The fraction of sp³-hybridized carbons (Fsp3) is 0.500. The second kappa shape index (κ2) is 6.72. The minimum atomic E-state index is -0.924. The maximum Gasteiger partial charge on any atom is 0.335 e. The van der Waals surface area contributed by atoms with Gasteiger partial charge in [-0.05, 0) is 31.0 Å². The summed E-state index contributed by atoms with van der Waals surface area (Å²) in [7, 11) is 1.70. The molecule has 0 saturated carbocycles. The van der Waals surface area contributed by atoms with Crippen LogP contribution in [0.3, 0.4) is 0 Å². The second-order valence-electron chi connectivity index (χ2n) is 5.17. The first-order chi connectivity index (χ1) is 10.1. The van der Waals surface area contributed by atoms with Gasteiger partial charge in [0.25, 0.3) is 0 Å². The summed E-state index contributed by atoms with van der Waals surface area (Å²) in [4.78, 5) is 15.7. The summed E-state index contributed by atoms with van der Waals surface area (Å²) in [5, 5.41) is 9.11. The zero-order valence-corrected chi connectivity index (χ0v) is 12.8. The maximum absolute atomic E-state index is 11.1. The quantitative estimate of drug-likeness (QED) is 0.850. The molecule has 0 spiro atoms. The molecule has 1 unspecified atom stereocenters. The van der Waals surface area contributed by atoms with E-state index in [1.165, 1.54) is 0 Å². The van der Waals surface area contributed by atoms with E-state index in [-0.39, 0.29) is 11.6 Å². The van der Waals surface area contributed by atoms with Crippen molar-refractivity contribution in [3.8, 4) is 0 Å². The van der Waals surface area contributed by atoms with Crippen LogP contribution in [-0.2, 0) is 11.2 Å². The predicted octanol–water partition coefficient (Wildman–Crippen LogP) is 3.28. The number of hydrogen-bond acceptors (Lipinski definition) is 3. The SMILES string of the molecule is CCCc1nc2cc(C(=O)O)ccc2n1C(CC)COC. The van der Waals surface area contributed by atoms with Gasteiger partial charge >= 0.3 is 5.97 Å². The normalized spacial score (nSPS) is 12.7. The third-order valence-electron chi connectivity index (χ3n) is 3.68. The Kier molecular flexibility index (Phi) is 4.96. The van der Waals surface area contributed by atoms with E-state index in [0.717, 1.165) is 36.1 Å². The number of rotatable bonds is 7. The number of aromatic nitrogens is 2. The van der Waals surface area contributed by atoms with Crippen LogP contribution in [0, 0.1) is 0 Å². The maximum atomic E-state index is 11.1. The zero-order chi connectivity index (χ0) is 15.4. The van der Waals surface area contributed by atoms with Gasteiger partial charge in [-0.15, -0.1) is 0 Å². The molecule has 1 N–H and O–H groups in total. The van der Waals surface area contributed by atoms with Crippen LogP contribution < -0.4 is 0 Å². The van der Waals surface area contributed by atoms with E-state index in [1.807, 2.05) is 6.07 Å². The van der Waals surface area contributed by atoms with Crippen LogP contribution >= 0.6 is 0 Å².